The lowest BCUT2D eigenvalue weighted by molar-refractivity contribution is -0.870. The molecular weight excluding hydrogens is 1070 g/mol. The first-order chi connectivity index (χ1) is 41.5. The number of phosphoric ester groups is 1. The molecule has 0 saturated carbocycles. The maximum Gasteiger partial charge on any atom is 0.472 e. The summed E-state index contributed by atoms with van der Waals surface area (Å²) >= 11 is 0. The highest BCUT2D eigenvalue weighted by Crippen LogP contribution is 2.43. The quantitative estimate of drug-likeness (QED) is 0.0211. The third-order valence-corrected chi connectivity index (χ3v) is 16.4. The molecule has 0 aliphatic carbocycles. The molecule has 2 unspecified atom stereocenters. The highest BCUT2D eigenvalue weighted by Gasteiger charge is 2.27. The van der Waals surface area contributed by atoms with E-state index in [0.717, 1.165) is 109 Å². The van der Waals surface area contributed by atoms with E-state index in [1.54, 1.807) is 0 Å². The number of nitrogens with zero attached hydrogens (tertiary/aromatic N) is 1. The average molecular weight is 1210 g/mol. The van der Waals surface area contributed by atoms with Crippen molar-refractivity contribution in [3.63, 3.8) is 0 Å². The van der Waals surface area contributed by atoms with Gasteiger partial charge in [-0.2, -0.15) is 0 Å². The van der Waals surface area contributed by atoms with Gasteiger partial charge in [0.25, 0.3) is 0 Å². The SMILES string of the molecule is CC/C=C\C/C=C\C/C=C\C/C=C\C/C=C\C/C=C\C/C=C\C/C=C\CCCCCCCCC(=O)OC(COC(=O)CCCCCCCCCCCCCCCCCCCCCCCCCCCCCCCC)COP(=O)(O)OCC[N+](C)(C)C. The monoisotopic (exact) mass is 1210 g/mol. The predicted octanol–water partition coefficient (Wildman–Crippen LogP) is 23.1. The van der Waals surface area contributed by atoms with Gasteiger partial charge < -0.3 is 18.9 Å². The number of esters is 2. The minimum Gasteiger partial charge on any atom is -0.462 e. The van der Waals surface area contributed by atoms with Gasteiger partial charge in [0.1, 0.15) is 19.8 Å². The maximum atomic E-state index is 12.9. The average Bonchev–Trinajstić information content (AvgIpc) is 3.50. The van der Waals surface area contributed by atoms with Crippen LogP contribution < -0.4 is 0 Å². The molecule has 0 bridgehead atoms. The minimum atomic E-state index is -4.40. The second-order valence-corrected chi connectivity index (χ2v) is 26.4. The standard InChI is InChI=1S/C75H134NO8P/c1-6-8-10-12-14-16-18-20-22-24-26-28-30-32-34-36-38-40-42-44-46-48-50-52-54-56-58-60-62-64-66-68-75(78)84-73(72-83-85(79,80)82-70-69-76(3,4)5)71-81-74(77)67-65-63-61-59-57-55-53-51-49-47-45-43-41-39-37-35-33-31-29-27-25-23-21-19-17-15-13-11-9-7-2/h8,10,14,16,20,22,26,28,32,34,38,40,44,46,50,52,73H,6-7,9,11-13,15,17-19,21,23-25,27,29-31,33,35-37,39,41-43,45,47-49,51,53-72H2,1-5H3/p+1/b10-8-,16-14-,22-20-,28-26-,34-32-,40-38-,46-44-,52-50-. The van der Waals surface area contributed by atoms with Crippen molar-refractivity contribution < 1.29 is 42.1 Å². The molecule has 0 rings (SSSR count). The van der Waals surface area contributed by atoms with E-state index in [1.165, 1.54) is 173 Å². The molecule has 9 nitrogen and oxygen atoms in total. The Balaban J connectivity index is 4.09. The highest BCUT2D eigenvalue weighted by molar-refractivity contribution is 7.47. The normalized spacial score (nSPS) is 13.7. The molecule has 0 heterocycles. The number of phosphoric acid groups is 1. The molecule has 85 heavy (non-hydrogen) atoms. The van der Waals surface area contributed by atoms with E-state index in [0.29, 0.717) is 17.4 Å². The summed E-state index contributed by atoms with van der Waals surface area (Å²) in [7, 11) is 1.47. The molecular formula is C75H135NO8P+. The number of hydrogen-bond acceptors (Lipinski definition) is 7. The molecule has 0 aromatic carbocycles. The van der Waals surface area contributed by atoms with Gasteiger partial charge in [-0.3, -0.25) is 18.6 Å². The van der Waals surface area contributed by atoms with Crippen molar-refractivity contribution in [2.24, 2.45) is 0 Å². The van der Waals surface area contributed by atoms with Crippen LogP contribution in [0.2, 0.25) is 0 Å². The van der Waals surface area contributed by atoms with E-state index in [-0.39, 0.29) is 32.0 Å². The largest absolute Gasteiger partial charge is 0.472 e. The molecule has 0 fully saturated rings. The summed E-state index contributed by atoms with van der Waals surface area (Å²) in [5.41, 5.74) is 0. The van der Waals surface area contributed by atoms with Crippen molar-refractivity contribution in [1.29, 1.82) is 0 Å². The summed E-state index contributed by atoms with van der Waals surface area (Å²) in [4.78, 5) is 35.9. The number of rotatable bonds is 65. The van der Waals surface area contributed by atoms with Gasteiger partial charge in [0.2, 0.25) is 0 Å². The van der Waals surface area contributed by atoms with Crippen LogP contribution >= 0.6 is 7.82 Å². The Kier molecular flexibility index (Phi) is 63.0. The Hall–Kier alpha value is -3.07. The molecule has 492 valence electrons. The van der Waals surface area contributed by atoms with E-state index >= 15 is 0 Å². The number of allylic oxidation sites excluding steroid dienone is 16. The van der Waals surface area contributed by atoms with Gasteiger partial charge in [0.15, 0.2) is 6.10 Å². The van der Waals surface area contributed by atoms with E-state index < -0.39 is 26.5 Å². The first kappa shape index (κ1) is 81.9. The smallest absolute Gasteiger partial charge is 0.462 e. The molecule has 0 spiro atoms. The summed E-state index contributed by atoms with van der Waals surface area (Å²) in [6.07, 6.45) is 90.9. The molecule has 0 radical (unpaired) electrons. The third-order valence-electron chi connectivity index (χ3n) is 15.4. The number of likely N-dealkylation sites (N-methyl/N-ethyl adjacent to an activating group) is 1. The number of quaternary nitrogens is 1. The predicted molar refractivity (Wildman–Crippen MR) is 367 cm³/mol. The van der Waals surface area contributed by atoms with Gasteiger partial charge in [0.05, 0.1) is 27.7 Å². The van der Waals surface area contributed by atoms with Gasteiger partial charge >= 0.3 is 19.8 Å². The summed E-state index contributed by atoms with van der Waals surface area (Å²) in [5.74, 6) is -0.807. The van der Waals surface area contributed by atoms with Crippen molar-refractivity contribution in [3.8, 4) is 0 Å². The Bertz CT molecular complexity index is 1760. The number of ether oxygens (including phenoxy) is 2. The van der Waals surface area contributed by atoms with Crippen LogP contribution in [0.5, 0.6) is 0 Å². The molecule has 0 aromatic rings. The van der Waals surface area contributed by atoms with Crippen LogP contribution in [-0.2, 0) is 32.7 Å². The van der Waals surface area contributed by atoms with E-state index in [4.69, 9.17) is 18.5 Å². The van der Waals surface area contributed by atoms with Gasteiger partial charge in [-0.15, -0.1) is 0 Å². The zero-order valence-electron chi connectivity index (χ0n) is 56.1. The summed E-state index contributed by atoms with van der Waals surface area (Å²) < 4.78 is 34.7. The maximum absolute atomic E-state index is 12.9. The Morgan fingerprint density at radius 2 is 0.671 bits per heavy atom. The lowest BCUT2D eigenvalue weighted by atomic mass is 10.0. The molecule has 10 heteroatoms. The molecule has 0 amide bonds. The Morgan fingerprint density at radius 3 is 1.00 bits per heavy atom. The lowest BCUT2D eigenvalue weighted by Crippen LogP contribution is -2.37. The van der Waals surface area contributed by atoms with Crippen LogP contribution in [0.25, 0.3) is 0 Å². The zero-order valence-corrected chi connectivity index (χ0v) is 57.0. The molecule has 1 N–H and O–H groups in total. The highest BCUT2D eigenvalue weighted by atomic mass is 31.2. The molecule has 0 saturated heterocycles. The summed E-state index contributed by atoms with van der Waals surface area (Å²) in [6.45, 7) is 4.34. The summed E-state index contributed by atoms with van der Waals surface area (Å²) in [5, 5.41) is 0. The molecule has 2 atom stereocenters. The van der Waals surface area contributed by atoms with Crippen molar-refractivity contribution in [2.75, 3.05) is 47.5 Å². The Labute approximate surface area is 525 Å². The Morgan fingerprint density at radius 1 is 0.376 bits per heavy atom. The minimum absolute atomic E-state index is 0.0254. The van der Waals surface area contributed by atoms with Crippen molar-refractivity contribution in [1.82, 2.24) is 0 Å². The molecule has 0 aliphatic heterocycles. The fourth-order valence-corrected chi connectivity index (χ4v) is 10.7. The lowest BCUT2D eigenvalue weighted by Gasteiger charge is -2.24. The number of unbranched alkanes of at least 4 members (excludes halogenated alkanes) is 35. The second kappa shape index (κ2) is 65.4. The fourth-order valence-electron chi connectivity index (χ4n) is 9.98. The van der Waals surface area contributed by atoms with Gasteiger partial charge in [-0.25, -0.2) is 4.57 Å². The van der Waals surface area contributed by atoms with Gasteiger partial charge in [0, 0.05) is 12.8 Å². The third kappa shape index (κ3) is 69.9. The van der Waals surface area contributed by atoms with Crippen LogP contribution in [-0.4, -0.2) is 74.9 Å². The first-order valence-electron chi connectivity index (χ1n) is 35.5. The van der Waals surface area contributed by atoms with Crippen LogP contribution in [0.1, 0.15) is 316 Å². The topological polar surface area (TPSA) is 108 Å². The van der Waals surface area contributed by atoms with E-state index in [1.807, 2.05) is 21.1 Å². The second-order valence-electron chi connectivity index (χ2n) is 24.9. The van der Waals surface area contributed by atoms with Gasteiger partial charge in [-0.05, 0) is 77.0 Å². The molecule has 0 aliphatic rings. The zero-order chi connectivity index (χ0) is 61.9. The van der Waals surface area contributed by atoms with Crippen molar-refractivity contribution >= 4 is 19.8 Å². The number of hydrogen-bond donors (Lipinski definition) is 1. The number of carbonyl (C=O) groups excluding carboxylic acids is 2. The van der Waals surface area contributed by atoms with Crippen molar-refractivity contribution in [2.45, 2.75) is 322 Å². The van der Waals surface area contributed by atoms with Crippen LogP contribution in [0.15, 0.2) is 97.2 Å². The van der Waals surface area contributed by atoms with Crippen molar-refractivity contribution in [3.05, 3.63) is 97.2 Å². The molecule has 0 aromatic heterocycles. The number of carbonyl (C=O) groups is 2. The van der Waals surface area contributed by atoms with E-state index in [9.17, 15) is 19.0 Å². The van der Waals surface area contributed by atoms with Gasteiger partial charge in [-0.1, -0.05) is 323 Å². The van der Waals surface area contributed by atoms with Crippen LogP contribution in [0, 0.1) is 0 Å². The van der Waals surface area contributed by atoms with E-state index in [2.05, 4.69) is 111 Å². The van der Waals surface area contributed by atoms with Crippen LogP contribution in [0.3, 0.4) is 0 Å². The summed E-state index contributed by atoms with van der Waals surface area (Å²) in [6, 6.07) is 0. The first-order valence-corrected chi connectivity index (χ1v) is 37.0. The van der Waals surface area contributed by atoms with Crippen LogP contribution in [0.4, 0.5) is 0 Å². The fraction of sp³-hybridized carbons (Fsp3) is 0.760.